The third-order valence-corrected chi connectivity index (χ3v) is 5.02. The van der Waals surface area contributed by atoms with Crippen LogP contribution in [0.5, 0.6) is 5.75 Å². The maximum atomic E-state index is 11.6. The molecule has 0 saturated carbocycles. The van der Waals surface area contributed by atoms with E-state index >= 15 is 0 Å². The van der Waals surface area contributed by atoms with Gasteiger partial charge in [-0.15, -0.1) is 0 Å². The molecule has 7 nitrogen and oxygen atoms in total. The quantitative estimate of drug-likeness (QED) is 0.338. The van der Waals surface area contributed by atoms with Crippen LogP contribution in [0.3, 0.4) is 0 Å². The number of aliphatic carboxylic acids is 1. The van der Waals surface area contributed by atoms with Crippen molar-refractivity contribution in [3.05, 3.63) is 71.6 Å². The van der Waals surface area contributed by atoms with E-state index in [1.54, 1.807) is 13.8 Å². The van der Waals surface area contributed by atoms with Crippen LogP contribution in [-0.4, -0.2) is 35.0 Å². The van der Waals surface area contributed by atoms with E-state index in [0.29, 0.717) is 43.4 Å². The number of aryl methyl sites for hydroxylation is 1. The number of oxime groups is 1. The van der Waals surface area contributed by atoms with Gasteiger partial charge in [0.2, 0.25) is 5.89 Å². The van der Waals surface area contributed by atoms with Gasteiger partial charge < -0.3 is 19.1 Å². The summed E-state index contributed by atoms with van der Waals surface area (Å²) in [6.07, 6.45) is 0.955. The lowest BCUT2D eigenvalue weighted by Crippen LogP contribution is -2.24. The Kier molecular flexibility index (Phi) is 8.02. The molecule has 0 spiro atoms. The number of hydrogen-bond acceptors (Lipinski definition) is 6. The van der Waals surface area contributed by atoms with Gasteiger partial charge in [0.1, 0.15) is 24.0 Å². The fraction of sp³-hybridized carbons (Fsp3) is 0.320. The molecule has 7 heteroatoms. The summed E-state index contributed by atoms with van der Waals surface area (Å²) in [5, 5.41) is 13.4. The molecule has 1 unspecified atom stereocenters. The number of ether oxygens (including phenoxy) is 1. The highest BCUT2D eigenvalue weighted by Crippen LogP contribution is 2.22. The summed E-state index contributed by atoms with van der Waals surface area (Å²) in [4.78, 5) is 21.2. The molecule has 1 aromatic heterocycles. The van der Waals surface area contributed by atoms with Crippen LogP contribution in [-0.2, 0) is 22.5 Å². The van der Waals surface area contributed by atoms with Crippen LogP contribution in [0.25, 0.3) is 11.5 Å². The maximum Gasteiger partial charge on any atom is 0.312 e. The molecule has 1 N–H and O–H groups in total. The van der Waals surface area contributed by atoms with Gasteiger partial charge >= 0.3 is 5.97 Å². The lowest BCUT2D eigenvalue weighted by atomic mass is 9.95. The molecule has 32 heavy (non-hydrogen) atoms. The summed E-state index contributed by atoms with van der Waals surface area (Å²) in [5.74, 6) is 0.446. The molecule has 0 aliphatic heterocycles. The van der Waals surface area contributed by atoms with E-state index in [4.69, 9.17) is 14.0 Å². The lowest BCUT2D eigenvalue weighted by Gasteiger charge is -2.12. The number of rotatable bonds is 11. The van der Waals surface area contributed by atoms with E-state index in [0.717, 1.165) is 22.6 Å². The fourth-order valence-corrected chi connectivity index (χ4v) is 3.23. The SMILES string of the molecule is CCO/N=C(\C)C(Cc1ccc(OCCc2nc(-c3ccccc3)oc2C)cc1)C(=O)O. The smallest absolute Gasteiger partial charge is 0.312 e. The zero-order valence-corrected chi connectivity index (χ0v) is 18.6. The maximum absolute atomic E-state index is 11.6. The van der Waals surface area contributed by atoms with Gasteiger partial charge in [-0.25, -0.2) is 4.98 Å². The Hall–Kier alpha value is -3.61. The zero-order valence-electron chi connectivity index (χ0n) is 18.6. The van der Waals surface area contributed by atoms with Gasteiger partial charge in [-0.2, -0.15) is 0 Å². The first-order chi connectivity index (χ1) is 15.5. The Bertz CT molecular complexity index is 1040. The lowest BCUT2D eigenvalue weighted by molar-refractivity contribution is -0.139. The predicted octanol–water partition coefficient (Wildman–Crippen LogP) is 4.93. The van der Waals surface area contributed by atoms with E-state index in [1.165, 1.54) is 0 Å². The van der Waals surface area contributed by atoms with E-state index < -0.39 is 11.9 Å². The van der Waals surface area contributed by atoms with E-state index in [-0.39, 0.29) is 0 Å². The molecule has 0 fully saturated rings. The molecule has 3 aromatic rings. The molecule has 168 valence electrons. The molecule has 2 aromatic carbocycles. The summed E-state index contributed by atoms with van der Waals surface area (Å²) in [5.41, 5.74) is 3.14. The number of carboxylic acid groups (broad SMARTS) is 1. The van der Waals surface area contributed by atoms with E-state index in [1.807, 2.05) is 61.5 Å². The minimum atomic E-state index is -0.927. The number of benzene rings is 2. The first-order valence-corrected chi connectivity index (χ1v) is 10.6. The Morgan fingerprint density at radius 3 is 2.53 bits per heavy atom. The highest BCUT2D eigenvalue weighted by atomic mass is 16.6. The molecule has 0 bridgehead atoms. The van der Waals surface area contributed by atoms with Crippen LogP contribution in [0.4, 0.5) is 0 Å². The highest BCUT2D eigenvalue weighted by Gasteiger charge is 2.22. The first-order valence-electron chi connectivity index (χ1n) is 10.6. The van der Waals surface area contributed by atoms with Crippen molar-refractivity contribution >= 4 is 11.7 Å². The summed E-state index contributed by atoms with van der Waals surface area (Å²) >= 11 is 0. The molecule has 3 rings (SSSR count). The van der Waals surface area contributed by atoms with Crippen LogP contribution >= 0.6 is 0 Å². The van der Waals surface area contributed by atoms with Crippen molar-refractivity contribution in [2.24, 2.45) is 11.1 Å². The Morgan fingerprint density at radius 1 is 1.16 bits per heavy atom. The van der Waals surface area contributed by atoms with Crippen LogP contribution in [0.1, 0.15) is 30.9 Å². The van der Waals surface area contributed by atoms with Crippen molar-refractivity contribution in [2.45, 2.75) is 33.6 Å². The topological polar surface area (TPSA) is 94.2 Å². The Morgan fingerprint density at radius 2 is 1.88 bits per heavy atom. The summed E-state index contributed by atoms with van der Waals surface area (Å²) in [6, 6.07) is 17.2. The van der Waals surface area contributed by atoms with Gasteiger partial charge in [0, 0.05) is 12.0 Å². The van der Waals surface area contributed by atoms with Crippen molar-refractivity contribution in [1.29, 1.82) is 0 Å². The summed E-state index contributed by atoms with van der Waals surface area (Å²) in [6.45, 7) is 6.23. The minimum Gasteiger partial charge on any atom is -0.493 e. The average Bonchev–Trinajstić information content (AvgIpc) is 3.17. The van der Waals surface area contributed by atoms with Crippen LogP contribution in [0, 0.1) is 12.8 Å². The van der Waals surface area contributed by atoms with Crippen LogP contribution in [0.2, 0.25) is 0 Å². The summed E-state index contributed by atoms with van der Waals surface area (Å²) in [7, 11) is 0. The van der Waals surface area contributed by atoms with Gasteiger partial charge in [-0.05, 0) is 57.0 Å². The molecule has 0 aliphatic rings. The third kappa shape index (κ3) is 6.20. The second kappa shape index (κ2) is 11.1. The second-order valence-corrected chi connectivity index (χ2v) is 7.38. The molecule has 0 aliphatic carbocycles. The number of carbonyl (C=O) groups is 1. The van der Waals surface area contributed by atoms with Crippen molar-refractivity contribution in [3.8, 4) is 17.2 Å². The number of nitrogens with zero attached hydrogens (tertiary/aromatic N) is 2. The normalized spacial score (nSPS) is 12.4. The van der Waals surface area contributed by atoms with Crippen LogP contribution < -0.4 is 4.74 Å². The van der Waals surface area contributed by atoms with E-state index in [9.17, 15) is 9.90 Å². The fourth-order valence-electron chi connectivity index (χ4n) is 3.23. The van der Waals surface area contributed by atoms with Crippen molar-refractivity contribution in [2.75, 3.05) is 13.2 Å². The zero-order chi connectivity index (χ0) is 22.9. The molecular formula is C25H28N2O5. The predicted molar refractivity (Wildman–Crippen MR) is 122 cm³/mol. The van der Waals surface area contributed by atoms with Crippen LogP contribution in [0.15, 0.2) is 64.2 Å². The monoisotopic (exact) mass is 436 g/mol. The first kappa shape index (κ1) is 23.1. The molecule has 1 heterocycles. The van der Waals surface area contributed by atoms with Gasteiger partial charge in [-0.3, -0.25) is 4.79 Å². The molecule has 0 radical (unpaired) electrons. The second-order valence-electron chi connectivity index (χ2n) is 7.38. The Labute approximate surface area is 187 Å². The average molecular weight is 437 g/mol. The Balaban J connectivity index is 1.55. The third-order valence-electron chi connectivity index (χ3n) is 5.02. The van der Waals surface area contributed by atoms with Gasteiger partial charge in [0.15, 0.2) is 0 Å². The van der Waals surface area contributed by atoms with E-state index in [2.05, 4.69) is 10.1 Å². The molecule has 0 saturated heterocycles. The minimum absolute atomic E-state index is 0.332. The molecule has 1 atom stereocenters. The number of carboxylic acids is 1. The van der Waals surface area contributed by atoms with Gasteiger partial charge in [0.25, 0.3) is 0 Å². The number of hydrogen-bond donors (Lipinski definition) is 1. The van der Waals surface area contributed by atoms with Crippen molar-refractivity contribution < 1.29 is 23.9 Å². The highest BCUT2D eigenvalue weighted by molar-refractivity contribution is 6.00. The number of aromatic nitrogens is 1. The van der Waals surface area contributed by atoms with Gasteiger partial charge in [-0.1, -0.05) is 35.5 Å². The van der Waals surface area contributed by atoms with Gasteiger partial charge in [0.05, 0.1) is 18.0 Å². The standard InChI is InChI=1S/C25H28N2O5/c1-4-31-27-17(2)22(25(28)29)16-19-10-12-21(13-11-19)30-15-14-23-18(3)32-24(26-23)20-8-6-5-7-9-20/h5-13,22H,4,14-16H2,1-3H3,(H,28,29)/b27-17+. The molecular weight excluding hydrogens is 408 g/mol. The molecule has 0 amide bonds. The van der Waals surface area contributed by atoms with Crippen molar-refractivity contribution in [1.82, 2.24) is 4.98 Å². The number of oxazole rings is 1. The van der Waals surface area contributed by atoms with Crippen molar-refractivity contribution in [3.63, 3.8) is 0 Å². The summed E-state index contributed by atoms with van der Waals surface area (Å²) < 4.78 is 11.6. The largest absolute Gasteiger partial charge is 0.493 e.